The molecule has 0 heterocycles. The molecule has 0 saturated carbocycles. The smallest absolute Gasteiger partial charge is 0.747 e. The molecule has 41 heavy (non-hydrogen) atoms. The Kier molecular flexibility index (Phi) is 34.6. The van der Waals surface area contributed by atoms with Crippen LogP contribution in [0.5, 0.6) is 0 Å². The SMILES string of the molecule is CC(C)(CO)CO.CCCCC(CC)COC(=O)CC(C(=O)OCC(CC)CCCC)S(=O)(=O)[O-].CCOCC.[Na+]. The van der Waals surface area contributed by atoms with Crippen LogP contribution in [-0.4, -0.2) is 80.0 Å². The van der Waals surface area contributed by atoms with Crippen molar-refractivity contribution in [3.8, 4) is 0 Å². The molecule has 0 saturated heterocycles. The Morgan fingerprint density at radius 1 is 0.805 bits per heavy atom. The van der Waals surface area contributed by atoms with Crippen LogP contribution in [0.4, 0.5) is 0 Å². The summed E-state index contributed by atoms with van der Waals surface area (Å²) in [5.41, 5.74) is -0.306. The van der Waals surface area contributed by atoms with Gasteiger partial charge in [-0.2, -0.15) is 0 Å². The molecule has 0 aromatic heterocycles. The molecule has 0 rings (SSSR count). The van der Waals surface area contributed by atoms with E-state index in [9.17, 15) is 22.6 Å². The van der Waals surface area contributed by atoms with Gasteiger partial charge in [-0.25, -0.2) is 8.42 Å². The molecule has 0 aliphatic carbocycles. The summed E-state index contributed by atoms with van der Waals surface area (Å²) in [7, 11) is -5.01. The fraction of sp³-hybridized carbons (Fsp3) is 0.931. The second kappa shape index (κ2) is 29.8. The Labute approximate surface area is 272 Å². The third kappa shape index (κ3) is 29.6. The molecule has 2 N–H and O–H groups in total. The third-order valence-electron chi connectivity index (χ3n) is 6.26. The number of hydrogen-bond donors (Lipinski definition) is 2. The van der Waals surface area contributed by atoms with Crippen molar-refractivity contribution in [1.29, 1.82) is 0 Å². The zero-order valence-corrected chi connectivity index (χ0v) is 30.2. The minimum Gasteiger partial charge on any atom is -0.747 e. The third-order valence-corrected chi connectivity index (χ3v) is 7.31. The Morgan fingerprint density at radius 3 is 1.49 bits per heavy atom. The van der Waals surface area contributed by atoms with Gasteiger partial charge in [0.05, 0.1) is 32.8 Å². The van der Waals surface area contributed by atoms with E-state index in [4.69, 9.17) is 24.4 Å². The molecule has 0 fully saturated rings. The molecule has 0 aliphatic rings. The van der Waals surface area contributed by atoms with Crippen molar-refractivity contribution in [1.82, 2.24) is 0 Å². The second-order valence-electron chi connectivity index (χ2n) is 10.6. The van der Waals surface area contributed by atoms with Gasteiger partial charge in [0.25, 0.3) is 0 Å². The monoisotopic (exact) mass is 622 g/mol. The molecule has 3 atom stereocenters. The van der Waals surface area contributed by atoms with E-state index in [1.807, 2.05) is 27.7 Å². The van der Waals surface area contributed by atoms with E-state index >= 15 is 0 Å². The Morgan fingerprint density at radius 2 is 1.22 bits per heavy atom. The first-order chi connectivity index (χ1) is 18.7. The van der Waals surface area contributed by atoms with E-state index in [0.29, 0.717) is 0 Å². The van der Waals surface area contributed by atoms with Crippen molar-refractivity contribution in [3.63, 3.8) is 0 Å². The van der Waals surface area contributed by atoms with Crippen LogP contribution < -0.4 is 29.6 Å². The standard InChI is InChI=1S/C20H38O7S.C5H12O2.C4H10O.Na/c1-5-9-11-16(7-3)14-26-19(21)13-18(28(23,24)25)20(22)27-15-17(8-4)12-10-6-2;1-5(2,3-6)4-7;1-3-5-4-2;/h16-18H,5-15H2,1-4H3,(H,23,24,25);6-7H,3-4H2,1-2H3;3-4H2,1-2H3;/q;;;+1/p-1. The molecule has 0 amide bonds. The van der Waals surface area contributed by atoms with Crippen molar-refractivity contribution >= 4 is 22.1 Å². The molecule has 12 heteroatoms. The molecular weight excluding hydrogens is 563 g/mol. The van der Waals surface area contributed by atoms with Crippen LogP contribution in [-0.2, 0) is 33.9 Å². The van der Waals surface area contributed by atoms with E-state index in [1.165, 1.54) is 0 Å². The summed E-state index contributed by atoms with van der Waals surface area (Å²) >= 11 is 0. The maximum absolute atomic E-state index is 12.1. The van der Waals surface area contributed by atoms with Crippen LogP contribution in [0, 0.1) is 17.3 Å². The van der Waals surface area contributed by atoms with Gasteiger partial charge in [-0.05, 0) is 38.5 Å². The average molecular weight is 623 g/mol. The first-order valence-electron chi connectivity index (χ1n) is 14.8. The normalized spacial score (nSPS) is 13.2. The van der Waals surface area contributed by atoms with Crippen molar-refractivity contribution in [3.05, 3.63) is 0 Å². The Balaban J connectivity index is -0.000000437. The van der Waals surface area contributed by atoms with Crippen molar-refractivity contribution in [2.45, 2.75) is 118 Å². The number of hydrogen-bond acceptors (Lipinski definition) is 10. The minimum atomic E-state index is -5.01. The van der Waals surface area contributed by atoms with Gasteiger partial charge in [0.15, 0.2) is 5.25 Å². The fourth-order valence-electron chi connectivity index (χ4n) is 3.07. The average Bonchev–Trinajstić information content (AvgIpc) is 2.92. The maximum atomic E-state index is 12.1. The van der Waals surface area contributed by atoms with Crippen molar-refractivity contribution in [2.75, 3.05) is 39.6 Å². The van der Waals surface area contributed by atoms with Crippen LogP contribution in [0.2, 0.25) is 0 Å². The van der Waals surface area contributed by atoms with Crippen LogP contribution in [0.3, 0.4) is 0 Å². The number of aliphatic hydroxyl groups is 2. The summed E-state index contributed by atoms with van der Waals surface area (Å²) < 4.78 is 49.4. The summed E-state index contributed by atoms with van der Waals surface area (Å²) in [5, 5.41) is 14.8. The van der Waals surface area contributed by atoms with Crippen LogP contribution in [0.1, 0.15) is 113 Å². The number of ether oxygens (including phenoxy) is 3. The molecule has 0 aromatic carbocycles. The zero-order chi connectivity index (χ0) is 31.6. The molecule has 3 unspecified atom stereocenters. The molecule has 0 radical (unpaired) electrons. The van der Waals surface area contributed by atoms with Gasteiger partial charge in [0.1, 0.15) is 10.1 Å². The summed E-state index contributed by atoms with van der Waals surface area (Å²) in [5.74, 6) is -1.74. The number of carbonyl (C=O) groups is 2. The topological polar surface area (TPSA) is 159 Å². The first kappa shape index (κ1) is 47.7. The molecular formula is C29H59NaO10S. The van der Waals surface area contributed by atoms with Crippen LogP contribution in [0.15, 0.2) is 0 Å². The Hall–Kier alpha value is -0.270. The largest absolute Gasteiger partial charge is 1.00 e. The van der Waals surface area contributed by atoms with Gasteiger partial charge >= 0.3 is 41.5 Å². The van der Waals surface area contributed by atoms with Gasteiger partial charge in [0.2, 0.25) is 0 Å². The molecule has 242 valence electrons. The number of carbonyl (C=O) groups excluding carboxylic acids is 2. The van der Waals surface area contributed by atoms with Crippen LogP contribution in [0.25, 0.3) is 0 Å². The molecule has 0 spiro atoms. The van der Waals surface area contributed by atoms with E-state index in [1.54, 1.807) is 13.8 Å². The number of rotatable bonds is 20. The van der Waals surface area contributed by atoms with Gasteiger partial charge in [-0.15, -0.1) is 0 Å². The molecule has 10 nitrogen and oxygen atoms in total. The van der Waals surface area contributed by atoms with Crippen LogP contribution >= 0.6 is 0 Å². The molecule has 0 bridgehead atoms. The maximum Gasteiger partial charge on any atom is 1.00 e. The molecule has 0 aromatic rings. The number of esters is 2. The van der Waals surface area contributed by atoms with Crippen molar-refractivity contribution < 1.29 is 76.5 Å². The summed E-state index contributed by atoms with van der Waals surface area (Å²) in [6.45, 7) is 17.6. The van der Waals surface area contributed by atoms with E-state index in [-0.39, 0.29) is 73.2 Å². The van der Waals surface area contributed by atoms with E-state index in [2.05, 4.69) is 13.8 Å². The summed E-state index contributed by atoms with van der Waals surface area (Å²) in [4.78, 5) is 24.1. The van der Waals surface area contributed by atoms with Gasteiger partial charge in [-0.3, -0.25) is 9.59 Å². The minimum absolute atomic E-state index is 0. The van der Waals surface area contributed by atoms with Crippen molar-refractivity contribution in [2.24, 2.45) is 17.3 Å². The zero-order valence-electron chi connectivity index (χ0n) is 27.4. The predicted molar refractivity (Wildman–Crippen MR) is 157 cm³/mol. The quantitative estimate of drug-likeness (QED) is 0.117. The fourth-order valence-corrected chi connectivity index (χ4v) is 3.71. The number of aliphatic hydroxyl groups excluding tert-OH is 2. The summed E-state index contributed by atoms with van der Waals surface area (Å²) in [6, 6.07) is 0. The summed E-state index contributed by atoms with van der Waals surface area (Å²) in [6.07, 6.45) is 6.58. The molecule has 0 aliphatic heterocycles. The van der Waals surface area contributed by atoms with Gasteiger partial charge < -0.3 is 29.0 Å². The van der Waals surface area contributed by atoms with Gasteiger partial charge in [0, 0.05) is 18.6 Å². The predicted octanol–water partition coefficient (Wildman–Crippen LogP) is 1.85. The van der Waals surface area contributed by atoms with E-state index in [0.717, 1.165) is 64.6 Å². The second-order valence-corrected chi connectivity index (χ2v) is 12.1. The van der Waals surface area contributed by atoms with Gasteiger partial charge in [-0.1, -0.05) is 80.1 Å². The first-order valence-corrected chi connectivity index (χ1v) is 16.3. The van der Waals surface area contributed by atoms with E-state index < -0.39 is 33.7 Å². The number of unbranched alkanes of at least 4 members (excludes halogenated alkanes) is 2. The Bertz CT molecular complexity index is 708.